The van der Waals surface area contributed by atoms with Gasteiger partial charge in [-0.1, -0.05) is 6.42 Å². The van der Waals surface area contributed by atoms with Gasteiger partial charge in [0, 0.05) is 13.1 Å². The summed E-state index contributed by atoms with van der Waals surface area (Å²) < 4.78 is 0. The van der Waals surface area contributed by atoms with E-state index in [9.17, 15) is 9.59 Å². The second-order valence-electron chi connectivity index (χ2n) is 5.11. The molecule has 2 aliphatic rings. The first-order chi connectivity index (χ1) is 8.27. The number of amides is 1. The van der Waals surface area contributed by atoms with Crippen LogP contribution >= 0.6 is 0 Å². The number of Topliss-reactive ketones (excluding diaryl/α,β-unsaturated/α-hetero) is 1. The van der Waals surface area contributed by atoms with Crippen molar-refractivity contribution in [3.63, 3.8) is 0 Å². The number of piperidine rings is 2. The van der Waals surface area contributed by atoms with Crippen molar-refractivity contribution >= 4 is 11.7 Å². The average Bonchev–Trinajstić information content (AvgIpc) is 2.40. The van der Waals surface area contributed by atoms with Crippen LogP contribution in [0, 0.1) is 0 Å². The zero-order valence-corrected chi connectivity index (χ0v) is 10.5. The molecule has 0 N–H and O–H groups in total. The van der Waals surface area contributed by atoms with Crippen molar-refractivity contribution in [2.24, 2.45) is 0 Å². The molecule has 0 spiro atoms. The Kier molecular flexibility index (Phi) is 4.54. The minimum atomic E-state index is -0.254. The van der Waals surface area contributed by atoms with Gasteiger partial charge in [-0.3, -0.25) is 14.5 Å². The quantitative estimate of drug-likeness (QED) is 0.690. The topological polar surface area (TPSA) is 40.6 Å². The second-order valence-corrected chi connectivity index (χ2v) is 5.11. The number of hydrogen-bond acceptors (Lipinski definition) is 3. The van der Waals surface area contributed by atoms with Gasteiger partial charge < -0.3 is 4.90 Å². The van der Waals surface area contributed by atoms with Crippen LogP contribution in [0.15, 0.2) is 0 Å². The third-order valence-electron chi connectivity index (χ3n) is 3.70. The minimum absolute atomic E-state index is 0.214. The molecule has 2 aliphatic heterocycles. The van der Waals surface area contributed by atoms with Crippen LogP contribution in [-0.4, -0.2) is 54.2 Å². The van der Waals surface area contributed by atoms with Crippen molar-refractivity contribution < 1.29 is 9.59 Å². The van der Waals surface area contributed by atoms with E-state index in [0.717, 1.165) is 51.9 Å². The zero-order valence-electron chi connectivity index (χ0n) is 10.5. The van der Waals surface area contributed by atoms with Crippen molar-refractivity contribution in [2.75, 3.05) is 32.7 Å². The number of ketones is 1. The molecule has 4 heteroatoms. The highest BCUT2D eigenvalue weighted by Crippen LogP contribution is 2.11. The maximum absolute atomic E-state index is 11.9. The van der Waals surface area contributed by atoms with Gasteiger partial charge in [0.15, 0.2) is 0 Å². The Morgan fingerprint density at radius 3 is 1.88 bits per heavy atom. The molecule has 2 fully saturated rings. The summed E-state index contributed by atoms with van der Waals surface area (Å²) >= 11 is 0. The first-order valence-corrected chi connectivity index (χ1v) is 6.82. The standard InChI is InChI=1S/C13H22N2O2/c16-12(11-14-7-3-1-4-8-14)13(17)15-9-5-2-6-10-15/h1-11H2. The number of likely N-dealkylation sites (tertiary alicyclic amines) is 2. The molecule has 0 saturated carbocycles. The van der Waals surface area contributed by atoms with Crippen LogP contribution in [0.1, 0.15) is 38.5 Å². The number of carbonyl (C=O) groups excluding carboxylic acids is 2. The first kappa shape index (κ1) is 12.6. The zero-order chi connectivity index (χ0) is 12.1. The van der Waals surface area contributed by atoms with E-state index < -0.39 is 0 Å². The molecule has 0 bridgehead atoms. The fraction of sp³-hybridized carbons (Fsp3) is 0.846. The van der Waals surface area contributed by atoms with Crippen molar-refractivity contribution in [1.29, 1.82) is 0 Å². The molecule has 1 amide bonds. The summed E-state index contributed by atoms with van der Waals surface area (Å²) in [4.78, 5) is 27.6. The number of hydrogen-bond donors (Lipinski definition) is 0. The highest BCUT2D eigenvalue weighted by atomic mass is 16.2. The molecule has 2 saturated heterocycles. The van der Waals surface area contributed by atoms with Crippen LogP contribution < -0.4 is 0 Å². The molecular formula is C13H22N2O2. The fourth-order valence-corrected chi connectivity index (χ4v) is 2.66. The molecule has 0 unspecified atom stereocenters. The van der Waals surface area contributed by atoms with Gasteiger partial charge in [-0.15, -0.1) is 0 Å². The Bertz CT molecular complexity index is 279. The highest BCUT2D eigenvalue weighted by Gasteiger charge is 2.25. The van der Waals surface area contributed by atoms with E-state index in [-0.39, 0.29) is 11.7 Å². The van der Waals surface area contributed by atoms with Gasteiger partial charge in [0.2, 0.25) is 5.78 Å². The lowest BCUT2D eigenvalue weighted by atomic mass is 10.1. The SMILES string of the molecule is O=C(CN1CCCCC1)C(=O)N1CCCCC1. The summed E-state index contributed by atoms with van der Waals surface area (Å²) in [5, 5.41) is 0. The lowest BCUT2D eigenvalue weighted by molar-refractivity contribution is -0.145. The van der Waals surface area contributed by atoms with Gasteiger partial charge in [-0.25, -0.2) is 0 Å². The Hall–Kier alpha value is -0.900. The van der Waals surface area contributed by atoms with Crippen LogP contribution in [0.25, 0.3) is 0 Å². The monoisotopic (exact) mass is 238 g/mol. The predicted octanol–water partition coefficient (Wildman–Crippen LogP) is 1.05. The van der Waals surface area contributed by atoms with E-state index in [2.05, 4.69) is 4.90 Å². The molecular weight excluding hydrogens is 216 g/mol. The lowest BCUT2D eigenvalue weighted by Gasteiger charge is -2.28. The molecule has 0 radical (unpaired) electrons. The van der Waals surface area contributed by atoms with Gasteiger partial charge in [-0.2, -0.15) is 0 Å². The van der Waals surface area contributed by atoms with E-state index >= 15 is 0 Å². The van der Waals surface area contributed by atoms with Crippen molar-refractivity contribution in [1.82, 2.24) is 9.80 Å². The molecule has 0 aliphatic carbocycles. The largest absolute Gasteiger partial charge is 0.336 e. The summed E-state index contributed by atoms with van der Waals surface area (Å²) in [6.45, 7) is 3.81. The summed E-state index contributed by atoms with van der Waals surface area (Å²) in [6, 6.07) is 0. The Morgan fingerprint density at radius 2 is 1.29 bits per heavy atom. The Morgan fingerprint density at radius 1 is 0.765 bits per heavy atom. The van der Waals surface area contributed by atoms with Crippen LogP contribution in [0.4, 0.5) is 0 Å². The Balaban J connectivity index is 1.79. The third-order valence-corrected chi connectivity index (χ3v) is 3.70. The van der Waals surface area contributed by atoms with Gasteiger partial charge in [0.05, 0.1) is 6.54 Å². The minimum Gasteiger partial charge on any atom is -0.336 e. The van der Waals surface area contributed by atoms with Crippen LogP contribution in [0.3, 0.4) is 0 Å². The van der Waals surface area contributed by atoms with E-state index in [1.807, 2.05) is 0 Å². The maximum Gasteiger partial charge on any atom is 0.291 e. The second kappa shape index (κ2) is 6.15. The molecule has 2 heterocycles. The molecule has 96 valence electrons. The van der Waals surface area contributed by atoms with E-state index in [1.165, 1.54) is 12.8 Å². The van der Waals surface area contributed by atoms with E-state index in [0.29, 0.717) is 6.54 Å². The van der Waals surface area contributed by atoms with Crippen LogP contribution in [-0.2, 0) is 9.59 Å². The summed E-state index contributed by atoms with van der Waals surface area (Å²) in [6.07, 6.45) is 6.84. The molecule has 0 aromatic heterocycles. The molecule has 4 nitrogen and oxygen atoms in total. The van der Waals surface area contributed by atoms with E-state index in [4.69, 9.17) is 0 Å². The van der Waals surface area contributed by atoms with Gasteiger partial charge in [-0.05, 0) is 45.2 Å². The molecule has 0 aromatic rings. The Labute approximate surface area is 103 Å². The molecule has 17 heavy (non-hydrogen) atoms. The van der Waals surface area contributed by atoms with Crippen molar-refractivity contribution in [3.8, 4) is 0 Å². The molecule has 2 rings (SSSR count). The third kappa shape index (κ3) is 3.53. The van der Waals surface area contributed by atoms with Crippen LogP contribution in [0.2, 0.25) is 0 Å². The highest BCUT2D eigenvalue weighted by molar-refractivity contribution is 6.36. The van der Waals surface area contributed by atoms with Crippen molar-refractivity contribution in [3.05, 3.63) is 0 Å². The molecule has 0 atom stereocenters. The van der Waals surface area contributed by atoms with E-state index in [1.54, 1.807) is 4.90 Å². The number of carbonyl (C=O) groups is 2. The van der Waals surface area contributed by atoms with Gasteiger partial charge in [0.1, 0.15) is 0 Å². The van der Waals surface area contributed by atoms with Crippen LogP contribution in [0.5, 0.6) is 0 Å². The maximum atomic E-state index is 11.9. The van der Waals surface area contributed by atoms with Gasteiger partial charge in [0.25, 0.3) is 5.91 Å². The predicted molar refractivity (Wildman–Crippen MR) is 65.7 cm³/mol. The van der Waals surface area contributed by atoms with Crippen molar-refractivity contribution in [2.45, 2.75) is 38.5 Å². The number of rotatable bonds is 3. The molecule has 0 aromatic carbocycles. The lowest BCUT2D eigenvalue weighted by Crippen LogP contribution is -2.45. The normalized spacial score (nSPS) is 22.5. The average molecular weight is 238 g/mol. The smallest absolute Gasteiger partial charge is 0.291 e. The summed E-state index contributed by atoms with van der Waals surface area (Å²) in [5.74, 6) is -0.468. The fourth-order valence-electron chi connectivity index (χ4n) is 2.66. The first-order valence-electron chi connectivity index (χ1n) is 6.82. The number of nitrogens with zero attached hydrogens (tertiary/aromatic N) is 2. The summed E-state index contributed by atoms with van der Waals surface area (Å²) in [5.41, 5.74) is 0. The summed E-state index contributed by atoms with van der Waals surface area (Å²) in [7, 11) is 0. The van der Waals surface area contributed by atoms with Gasteiger partial charge >= 0.3 is 0 Å².